The molecule has 1 aromatic heterocycles. The molecule has 1 heterocycles. The van der Waals surface area contributed by atoms with Crippen molar-refractivity contribution >= 4 is 5.82 Å². The molecular weight excluding hydrogens is 253 g/mol. The van der Waals surface area contributed by atoms with Crippen molar-refractivity contribution in [2.24, 2.45) is 0 Å². The van der Waals surface area contributed by atoms with Gasteiger partial charge in [0.25, 0.3) is 0 Å². The van der Waals surface area contributed by atoms with E-state index in [9.17, 15) is 4.39 Å². The fourth-order valence-corrected chi connectivity index (χ4v) is 2.97. The van der Waals surface area contributed by atoms with Crippen LogP contribution in [0.3, 0.4) is 0 Å². The minimum atomic E-state index is -0.178. The summed E-state index contributed by atoms with van der Waals surface area (Å²) in [5.41, 5.74) is 2.16. The molecule has 0 radical (unpaired) electrons. The third kappa shape index (κ3) is 2.79. The topological polar surface area (TPSA) is 37.8 Å². The number of hydrogen-bond donors (Lipinski definition) is 1. The molecular formula is C16H18FN3. The van der Waals surface area contributed by atoms with Gasteiger partial charge in [0.1, 0.15) is 18.0 Å². The van der Waals surface area contributed by atoms with E-state index in [2.05, 4.69) is 15.3 Å². The Morgan fingerprint density at radius 3 is 2.70 bits per heavy atom. The predicted molar refractivity (Wildman–Crippen MR) is 77.2 cm³/mol. The summed E-state index contributed by atoms with van der Waals surface area (Å²) in [7, 11) is 0. The number of nitrogens with one attached hydrogen (secondary N) is 1. The molecule has 3 nitrogen and oxygen atoms in total. The summed E-state index contributed by atoms with van der Waals surface area (Å²) in [6, 6.07) is 9.19. The SMILES string of the molecule is Cc1cc(NC2CCCC2c2ccc(F)cc2)ncn1. The normalized spacial score (nSPS) is 21.9. The Hall–Kier alpha value is -1.97. The lowest BCUT2D eigenvalue weighted by Crippen LogP contribution is -2.23. The zero-order chi connectivity index (χ0) is 13.9. The Kier molecular flexibility index (Phi) is 3.63. The fourth-order valence-electron chi connectivity index (χ4n) is 2.97. The van der Waals surface area contributed by atoms with Crippen molar-refractivity contribution in [3.63, 3.8) is 0 Å². The van der Waals surface area contributed by atoms with Gasteiger partial charge in [-0.2, -0.15) is 0 Å². The molecule has 2 atom stereocenters. The predicted octanol–water partition coefficient (Wildman–Crippen LogP) is 3.67. The van der Waals surface area contributed by atoms with Crippen LogP contribution in [0.4, 0.5) is 10.2 Å². The zero-order valence-electron chi connectivity index (χ0n) is 11.5. The highest BCUT2D eigenvalue weighted by Gasteiger charge is 2.28. The second-order valence-electron chi connectivity index (χ2n) is 5.38. The first-order valence-electron chi connectivity index (χ1n) is 7.03. The molecule has 20 heavy (non-hydrogen) atoms. The number of aromatic nitrogens is 2. The van der Waals surface area contributed by atoms with E-state index in [4.69, 9.17) is 0 Å². The molecule has 1 aliphatic rings. The van der Waals surface area contributed by atoms with Crippen LogP contribution in [0.25, 0.3) is 0 Å². The molecule has 0 saturated heterocycles. The number of nitrogens with zero attached hydrogens (tertiary/aromatic N) is 2. The van der Waals surface area contributed by atoms with Gasteiger partial charge in [0.05, 0.1) is 0 Å². The zero-order valence-corrected chi connectivity index (χ0v) is 11.5. The number of benzene rings is 1. The van der Waals surface area contributed by atoms with Crippen LogP contribution >= 0.6 is 0 Å². The van der Waals surface area contributed by atoms with Gasteiger partial charge in [0.15, 0.2) is 0 Å². The lowest BCUT2D eigenvalue weighted by atomic mass is 9.94. The molecule has 1 N–H and O–H groups in total. The van der Waals surface area contributed by atoms with Crippen LogP contribution in [0.2, 0.25) is 0 Å². The number of rotatable bonds is 3. The lowest BCUT2D eigenvalue weighted by Gasteiger charge is -2.22. The molecule has 4 heteroatoms. The van der Waals surface area contributed by atoms with Gasteiger partial charge < -0.3 is 5.32 Å². The van der Waals surface area contributed by atoms with Gasteiger partial charge in [-0.3, -0.25) is 0 Å². The summed E-state index contributed by atoms with van der Waals surface area (Å²) in [6.07, 6.45) is 5.02. The monoisotopic (exact) mass is 271 g/mol. The van der Waals surface area contributed by atoms with Gasteiger partial charge in [-0.25, -0.2) is 14.4 Å². The van der Waals surface area contributed by atoms with Gasteiger partial charge in [-0.1, -0.05) is 18.6 Å². The van der Waals surface area contributed by atoms with Crippen LogP contribution in [0.1, 0.15) is 36.4 Å². The molecule has 3 rings (SSSR count). The minimum absolute atomic E-state index is 0.178. The molecule has 1 aliphatic carbocycles. The number of aryl methyl sites for hydroxylation is 1. The fraction of sp³-hybridized carbons (Fsp3) is 0.375. The average molecular weight is 271 g/mol. The molecule has 1 saturated carbocycles. The van der Waals surface area contributed by atoms with Crippen molar-refractivity contribution in [2.45, 2.75) is 38.1 Å². The van der Waals surface area contributed by atoms with E-state index in [1.165, 1.54) is 12.0 Å². The van der Waals surface area contributed by atoms with E-state index >= 15 is 0 Å². The summed E-state index contributed by atoms with van der Waals surface area (Å²) >= 11 is 0. The van der Waals surface area contributed by atoms with E-state index in [1.54, 1.807) is 18.5 Å². The molecule has 2 unspecified atom stereocenters. The van der Waals surface area contributed by atoms with Crippen LogP contribution in [0.15, 0.2) is 36.7 Å². The maximum absolute atomic E-state index is 13.0. The van der Waals surface area contributed by atoms with E-state index in [1.807, 2.05) is 25.1 Å². The lowest BCUT2D eigenvalue weighted by molar-refractivity contribution is 0.618. The van der Waals surface area contributed by atoms with Gasteiger partial charge >= 0.3 is 0 Å². The summed E-state index contributed by atoms with van der Waals surface area (Å²) in [4.78, 5) is 8.37. The van der Waals surface area contributed by atoms with Crippen LogP contribution in [0, 0.1) is 12.7 Å². The Morgan fingerprint density at radius 1 is 1.15 bits per heavy atom. The molecule has 0 bridgehead atoms. The van der Waals surface area contributed by atoms with Crippen molar-refractivity contribution in [3.8, 4) is 0 Å². The summed E-state index contributed by atoms with van der Waals surface area (Å²) in [6.45, 7) is 1.96. The number of halogens is 1. The molecule has 0 amide bonds. The summed E-state index contributed by atoms with van der Waals surface area (Å²) < 4.78 is 13.0. The van der Waals surface area contributed by atoms with Crippen molar-refractivity contribution in [2.75, 3.05) is 5.32 Å². The third-order valence-electron chi connectivity index (χ3n) is 3.95. The quantitative estimate of drug-likeness (QED) is 0.925. The Labute approximate surface area is 118 Å². The number of anilines is 1. The van der Waals surface area contributed by atoms with E-state index in [0.717, 1.165) is 24.4 Å². The van der Waals surface area contributed by atoms with Crippen LogP contribution in [-0.2, 0) is 0 Å². The summed E-state index contributed by atoms with van der Waals surface area (Å²) in [5, 5.41) is 3.50. The average Bonchev–Trinajstić information content (AvgIpc) is 2.88. The van der Waals surface area contributed by atoms with Crippen molar-refractivity contribution < 1.29 is 4.39 Å². The highest BCUT2D eigenvalue weighted by molar-refractivity contribution is 5.38. The van der Waals surface area contributed by atoms with Crippen LogP contribution in [0.5, 0.6) is 0 Å². The molecule has 2 aromatic rings. The smallest absolute Gasteiger partial charge is 0.129 e. The first-order chi connectivity index (χ1) is 9.72. The second-order valence-corrected chi connectivity index (χ2v) is 5.38. The van der Waals surface area contributed by atoms with Crippen molar-refractivity contribution in [1.29, 1.82) is 0 Å². The standard InChI is InChI=1S/C16H18FN3/c1-11-9-16(19-10-18-11)20-15-4-2-3-14(15)12-5-7-13(17)8-6-12/h5-10,14-15H,2-4H2,1H3,(H,18,19,20). The Balaban J connectivity index is 1.77. The minimum Gasteiger partial charge on any atom is -0.367 e. The van der Waals surface area contributed by atoms with E-state index in [-0.39, 0.29) is 5.82 Å². The van der Waals surface area contributed by atoms with Crippen LogP contribution in [-0.4, -0.2) is 16.0 Å². The van der Waals surface area contributed by atoms with Gasteiger partial charge in [0, 0.05) is 23.7 Å². The largest absolute Gasteiger partial charge is 0.367 e. The van der Waals surface area contributed by atoms with Crippen molar-refractivity contribution in [3.05, 3.63) is 53.7 Å². The molecule has 104 valence electrons. The molecule has 0 aliphatic heterocycles. The van der Waals surface area contributed by atoms with E-state index in [0.29, 0.717) is 12.0 Å². The highest BCUT2D eigenvalue weighted by Crippen LogP contribution is 2.36. The van der Waals surface area contributed by atoms with E-state index < -0.39 is 0 Å². The van der Waals surface area contributed by atoms with Gasteiger partial charge in [-0.15, -0.1) is 0 Å². The molecule has 0 spiro atoms. The Bertz CT molecular complexity index is 583. The first kappa shape index (κ1) is 13.0. The highest BCUT2D eigenvalue weighted by atomic mass is 19.1. The Morgan fingerprint density at radius 2 is 1.95 bits per heavy atom. The third-order valence-corrected chi connectivity index (χ3v) is 3.95. The molecule has 1 fully saturated rings. The molecule has 1 aromatic carbocycles. The maximum Gasteiger partial charge on any atom is 0.129 e. The number of hydrogen-bond acceptors (Lipinski definition) is 3. The second kappa shape index (κ2) is 5.57. The first-order valence-corrected chi connectivity index (χ1v) is 7.03. The van der Waals surface area contributed by atoms with Crippen LogP contribution < -0.4 is 5.32 Å². The van der Waals surface area contributed by atoms with Gasteiger partial charge in [-0.05, 0) is 37.5 Å². The van der Waals surface area contributed by atoms with Gasteiger partial charge in [0.2, 0.25) is 0 Å². The maximum atomic E-state index is 13.0. The van der Waals surface area contributed by atoms with Crippen molar-refractivity contribution in [1.82, 2.24) is 9.97 Å². The summed E-state index contributed by atoms with van der Waals surface area (Å²) in [5.74, 6) is 1.12.